The van der Waals surface area contributed by atoms with Crippen LogP contribution in [0.2, 0.25) is 5.04 Å². The van der Waals surface area contributed by atoms with E-state index in [9.17, 15) is 5.11 Å². The number of phenols is 1. The smallest absolute Gasteiger partial charge is 0.261 e. The second-order valence-corrected chi connectivity index (χ2v) is 12.6. The number of benzene rings is 3. The fraction of sp³-hybridized carbons (Fsp3) is 0.280. The molecule has 2 nitrogen and oxygen atoms in total. The molecule has 0 radical (unpaired) electrons. The molecule has 3 aromatic rings. The maximum absolute atomic E-state index is 9.46. The van der Waals surface area contributed by atoms with Gasteiger partial charge in [-0.3, -0.25) is 0 Å². The summed E-state index contributed by atoms with van der Waals surface area (Å²) < 4.78 is 6.90. The van der Waals surface area contributed by atoms with Crippen LogP contribution in [0.3, 0.4) is 0 Å². The van der Waals surface area contributed by atoms with Crippen molar-refractivity contribution in [3.8, 4) is 5.75 Å². The highest BCUT2D eigenvalue weighted by molar-refractivity contribution is 6.99. The van der Waals surface area contributed by atoms with Crippen LogP contribution in [0, 0.1) is 0 Å². The number of hydrogen-bond donors (Lipinski definition) is 1. The van der Waals surface area contributed by atoms with Gasteiger partial charge >= 0.3 is 0 Å². The maximum atomic E-state index is 9.46. The van der Waals surface area contributed by atoms with Crippen LogP contribution in [0.25, 0.3) is 0 Å². The van der Waals surface area contributed by atoms with Crippen LogP contribution >= 0.6 is 0 Å². The van der Waals surface area contributed by atoms with E-state index in [1.165, 1.54) is 15.9 Å². The third kappa shape index (κ3) is 4.37. The highest BCUT2D eigenvalue weighted by atomic mass is 28.4. The lowest BCUT2D eigenvalue weighted by molar-refractivity contribution is 0.292. The van der Waals surface area contributed by atoms with Gasteiger partial charge in [-0.15, -0.1) is 0 Å². The largest absolute Gasteiger partial charge is 0.508 e. The van der Waals surface area contributed by atoms with Gasteiger partial charge in [0.15, 0.2) is 0 Å². The molecule has 0 bridgehead atoms. The van der Waals surface area contributed by atoms with Crippen LogP contribution in [-0.4, -0.2) is 20.0 Å². The molecule has 0 atom stereocenters. The third-order valence-electron chi connectivity index (χ3n) is 5.28. The van der Waals surface area contributed by atoms with Crippen LogP contribution < -0.4 is 10.4 Å². The molecule has 3 rings (SSSR count). The predicted octanol–water partition coefficient (Wildman–Crippen LogP) is 4.90. The molecule has 0 heterocycles. The van der Waals surface area contributed by atoms with E-state index in [-0.39, 0.29) is 5.04 Å². The van der Waals surface area contributed by atoms with E-state index in [2.05, 4.69) is 81.4 Å². The number of aryl methyl sites for hydroxylation is 1. The fourth-order valence-corrected chi connectivity index (χ4v) is 8.53. The minimum absolute atomic E-state index is 0.00818. The molecular weight excluding hydrogens is 360 g/mol. The first-order valence-electron chi connectivity index (χ1n) is 9.96. The highest BCUT2D eigenvalue weighted by Gasteiger charge is 2.49. The predicted molar refractivity (Wildman–Crippen MR) is 120 cm³/mol. The van der Waals surface area contributed by atoms with Crippen molar-refractivity contribution in [1.82, 2.24) is 0 Å². The molecule has 146 valence electrons. The fourth-order valence-electron chi connectivity index (χ4n) is 3.93. The van der Waals surface area contributed by atoms with E-state index in [1.54, 1.807) is 12.1 Å². The van der Waals surface area contributed by atoms with Gasteiger partial charge in [-0.05, 0) is 45.9 Å². The lowest BCUT2D eigenvalue weighted by Gasteiger charge is -2.43. The average Bonchev–Trinajstić information content (AvgIpc) is 2.70. The lowest BCUT2D eigenvalue weighted by Crippen LogP contribution is -2.66. The van der Waals surface area contributed by atoms with E-state index in [1.807, 2.05) is 12.1 Å². The Hall–Kier alpha value is -2.36. The molecule has 3 aromatic carbocycles. The molecule has 0 aliphatic heterocycles. The van der Waals surface area contributed by atoms with Gasteiger partial charge in [-0.1, -0.05) is 93.6 Å². The summed E-state index contributed by atoms with van der Waals surface area (Å²) in [6.07, 6.45) is 1.90. The van der Waals surface area contributed by atoms with Crippen molar-refractivity contribution in [2.24, 2.45) is 0 Å². The Labute approximate surface area is 170 Å². The van der Waals surface area contributed by atoms with Gasteiger partial charge in [-0.25, -0.2) is 0 Å². The molecule has 0 saturated carbocycles. The first kappa shape index (κ1) is 20.4. The summed E-state index contributed by atoms with van der Waals surface area (Å²) in [7, 11) is -2.44. The highest BCUT2D eigenvalue weighted by Crippen LogP contribution is 2.36. The van der Waals surface area contributed by atoms with Crippen molar-refractivity contribution in [2.75, 3.05) is 6.61 Å². The summed E-state index contributed by atoms with van der Waals surface area (Å²) >= 11 is 0. The molecule has 3 heteroatoms. The molecule has 0 aliphatic rings. The summed E-state index contributed by atoms with van der Waals surface area (Å²) in [5, 5.41) is 12.1. The summed E-state index contributed by atoms with van der Waals surface area (Å²) in [5.41, 5.74) is 1.23. The van der Waals surface area contributed by atoms with Crippen molar-refractivity contribution in [3.05, 3.63) is 90.5 Å². The Kier molecular flexibility index (Phi) is 6.37. The summed E-state index contributed by atoms with van der Waals surface area (Å²) in [6, 6.07) is 29.0. The van der Waals surface area contributed by atoms with Gasteiger partial charge < -0.3 is 9.53 Å². The summed E-state index contributed by atoms with van der Waals surface area (Å²) in [4.78, 5) is 0. The molecule has 1 N–H and O–H groups in total. The van der Waals surface area contributed by atoms with E-state index in [0.29, 0.717) is 12.4 Å². The zero-order chi connectivity index (χ0) is 20.0. The van der Waals surface area contributed by atoms with Gasteiger partial charge in [0.2, 0.25) is 0 Å². The first-order chi connectivity index (χ1) is 13.4. The van der Waals surface area contributed by atoms with Crippen molar-refractivity contribution in [1.29, 1.82) is 0 Å². The molecule has 0 aliphatic carbocycles. The van der Waals surface area contributed by atoms with Crippen LogP contribution in [0.1, 0.15) is 32.8 Å². The Morgan fingerprint density at radius 1 is 0.750 bits per heavy atom. The van der Waals surface area contributed by atoms with Crippen molar-refractivity contribution < 1.29 is 9.53 Å². The van der Waals surface area contributed by atoms with Crippen LogP contribution in [0.15, 0.2) is 84.9 Å². The summed E-state index contributed by atoms with van der Waals surface area (Å²) in [5.74, 6) is 0.312. The normalized spacial score (nSPS) is 12.1. The molecule has 0 saturated heterocycles. The monoisotopic (exact) mass is 390 g/mol. The number of aromatic hydroxyl groups is 1. The van der Waals surface area contributed by atoms with E-state index >= 15 is 0 Å². The second kappa shape index (κ2) is 8.76. The second-order valence-electron chi connectivity index (χ2n) is 8.28. The van der Waals surface area contributed by atoms with Gasteiger partial charge in [-0.2, -0.15) is 0 Å². The number of phenolic OH excluding ortho intramolecular Hbond substituents is 1. The Bertz CT molecular complexity index is 813. The number of hydrogen-bond acceptors (Lipinski definition) is 2. The molecule has 0 spiro atoms. The Morgan fingerprint density at radius 2 is 1.25 bits per heavy atom. The molecular formula is C25H30O2Si. The van der Waals surface area contributed by atoms with Gasteiger partial charge in [0.1, 0.15) is 5.75 Å². The molecule has 0 aromatic heterocycles. The average molecular weight is 391 g/mol. The van der Waals surface area contributed by atoms with Crippen LogP contribution in [-0.2, 0) is 10.8 Å². The Balaban J connectivity index is 1.87. The molecule has 0 fully saturated rings. The maximum Gasteiger partial charge on any atom is 0.261 e. The van der Waals surface area contributed by atoms with E-state index in [0.717, 1.165) is 12.8 Å². The van der Waals surface area contributed by atoms with E-state index in [4.69, 9.17) is 4.43 Å². The van der Waals surface area contributed by atoms with Crippen molar-refractivity contribution in [3.63, 3.8) is 0 Å². The topological polar surface area (TPSA) is 29.5 Å². The number of rotatable bonds is 7. The third-order valence-corrected chi connectivity index (χ3v) is 10.3. The van der Waals surface area contributed by atoms with E-state index < -0.39 is 8.32 Å². The van der Waals surface area contributed by atoms with Crippen molar-refractivity contribution >= 4 is 18.7 Å². The van der Waals surface area contributed by atoms with Gasteiger partial charge in [0.05, 0.1) is 0 Å². The van der Waals surface area contributed by atoms with Gasteiger partial charge in [0.25, 0.3) is 8.32 Å². The molecule has 0 amide bonds. The standard InChI is InChI=1S/C25H30O2Si/c1-25(2,3)28(23-12-6-4-7-13-23,24-14-8-5-9-15-24)27-20-10-11-21-16-18-22(26)19-17-21/h4-9,12-19,26H,10-11,20H2,1-3H3. The molecule has 28 heavy (non-hydrogen) atoms. The van der Waals surface area contributed by atoms with Crippen LogP contribution in [0.4, 0.5) is 0 Å². The zero-order valence-corrected chi connectivity index (χ0v) is 18.1. The first-order valence-corrected chi connectivity index (χ1v) is 11.9. The summed E-state index contributed by atoms with van der Waals surface area (Å²) in [6.45, 7) is 7.63. The zero-order valence-electron chi connectivity index (χ0n) is 17.1. The lowest BCUT2D eigenvalue weighted by atomic mass is 10.1. The van der Waals surface area contributed by atoms with Gasteiger partial charge in [0, 0.05) is 6.61 Å². The van der Waals surface area contributed by atoms with Crippen molar-refractivity contribution in [2.45, 2.75) is 38.7 Å². The minimum Gasteiger partial charge on any atom is -0.508 e. The molecule has 0 unspecified atom stereocenters. The van der Waals surface area contributed by atoms with Crippen LogP contribution in [0.5, 0.6) is 5.75 Å². The Morgan fingerprint density at radius 3 is 1.71 bits per heavy atom. The SMILES string of the molecule is CC(C)(C)[Si](OCCCc1ccc(O)cc1)(c1ccccc1)c1ccccc1. The minimum atomic E-state index is -2.44. The quantitative estimate of drug-likeness (QED) is 0.459.